The minimum atomic E-state index is 0.0282. The first kappa shape index (κ1) is 10.6. The zero-order valence-corrected chi connectivity index (χ0v) is 9.54. The number of hydrogen-bond donors (Lipinski definition) is 1. The molecule has 1 saturated heterocycles. The van der Waals surface area contributed by atoms with Crippen LogP contribution in [0.3, 0.4) is 0 Å². The molecule has 1 aliphatic heterocycles. The summed E-state index contributed by atoms with van der Waals surface area (Å²) in [6.45, 7) is 3.41. The number of nitrogens with zero attached hydrogens (tertiary/aromatic N) is 3. The number of anilines is 1. The van der Waals surface area contributed by atoms with Gasteiger partial charge in [0.15, 0.2) is 0 Å². The maximum Gasteiger partial charge on any atom is 0.0718 e. The molecule has 5 nitrogen and oxygen atoms in total. The Morgan fingerprint density at radius 2 is 2.12 bits per heavy atom. The van der Waals surface area contributed by atoms with Gasteiger partial charge in [0.2, 0.25) is 0 Å². The van der Waals surface area contributed by atoms with E-state index in [1.807, 2.05) is 16.8 Å². The quantitative estimate of drug-likeness (QED) is 0.828. The van der Waals surface area contributed by atoms with Crippen molar-refractivity contribution in [2.75, 3.05) is 31.2 Å². The lowest BCUT2D eigenvalue weighted by atomic mass is 10.2. The van der Waals surface area contributed by atoms with E-state index in [-0.39, 0.29) is 6.61 Å². The Bertz CT molecular complexity index is 517. The summed E-state index contributed by atoms with van der Waals surface area (Å²) >= 11 is 0. The van der Waals surface area contributed by atoms with E-state index in [1.54, 1.807) is 6.20 Å². The fraction of sp³-hybridized carbons (Fsp3) is 0.417. The van der Waals surface area contributed by atoms with Crippen molar-refractivity contribution in [3.63, 3.8) is 0 Å². The summed E-state index contributed by atoms with van der Waals surface area (Å²) in [4.78, 5) is 2.28. The smallest absolute Gasteiger partial charge is 0.0718 e. The molecule has 0 aliphatic carbocycles. The third-order valence-electron chi connectivity index (χ3n) is 3.13. The van der Waals surface area contributed by atoms with Crippen LogP contribution in [-0.4, -0.2) is 41.0 Å². The van der Waals surface area contributed by atoms with Gasteiger partial charge in [-0.3, -0.25) is 0 Å². The monoisotopic (exact) mass is 233 g/mol. The van der Waals surface area contributed by atoms with Crippen LogP contribution in [0, 0.1) is 0 Å². The maximum atomic E-state index is 9.16. The number of pyridine rings is 1. The Balaban J connectivity index is 1.95. The van der Waals surface area contributed by atoms with Gasteiger partial charge in [-0.2, -0.15) is 5.10 Å². The minimum Gasteiger partial charge on any atom is -0.392 e. The van der Waals surface area contributed by atoms with E-state index in [2.05, 4.69) is 16.1 Å². The van der Waals surface area contributed by atoms with Gasteiger partial charge in [-0.15, -0.1) is 0 Å². The fourth-order valence-electron chi connectivity index (χ4n) is 2.16. The zero-order valence-electron chi connectivity index (χ0n) is 9.54. The van der Waals surface area contributed by atoms with E-state index in [0.29, 0.717) is 0 Å². The second-order valence-corrected chi connectivity index (χ2v) is 4.14. The number of aromatic nitrogens is 2. The third-order valence-corrected chi connectivity index (χ3v) is 3.13. The summed E-state index contributed by atoms with van der Waals surface area (Å²) in [7, 11) is 0. The second kappa shape index (κ2) is 4.35. The molecule has 0 amide bonds. The number of morpholine rings is 1. The molecule has 0 aromatic carbocycles. The molecule has 2 aromatic rings. The summed E-state index contributed by atoms with van der Waals surface area (Å²) in [6.07, 6.45) is 3.71. The average molecular weight is 233 g/mol. The third kappa shape index (κ3) is 1.87. The van der Waals surface area contributed by atoms with Gasteiger partial charge in [0.25, 0.3) is 0 Å². The molecular formula is C12H15N3O2. The normalized spacial score (nSPS) is 16.6. The Morgan fingerprint density at radius 1 is 1.29 bits per heavy atom. The average Bonchev–Trinajstić information content (AvgIpc) is 2.81. The van der Waals surface area contributed by atoms with Crippen molar-refractivity contribution in [1.82, 2.24) is 9.61 Å². The highest BCUT2D eigenvalue weighted by Crippen LogP contribution is 2.19. The molecule has 0 atom stereocenters. The fourth-order valence-corrected chi connectivity index (χ4v) is 2.16. The Morgan fingerprint density at radius 3 is 2.88 bits per heavy atom. The second-order valence-electron chi connectivity index (χ2n) is 4.14. The van der Waals surface area contributed by atoms with Gasteiger partial charge in [-0.25, -0.2) is 4.52 Å². The molecule has 1 aliphatic rings. The van der Waals surface area contributed by atoms with Gasteiger partial charge >= 0.3 is 0 Å². The van der Waals surface area contributed by atoms with Crippen LogP contribution in [0.4, 0.5) is 5.69 Å². The van der Waals surface area contributed by atoms with Crippen molar-refractivity contribution in [2.24, 2.45) is 0 Å². The van der Waals surface area contributed by atoms with Gasteiger partial charge < -0.3 is 14.7 Å². The molecule has 0 saturated carbocycles. The largest absolute Gasteiger partial charge is 0.392 e. The molecule has 3 rings (SSSR count). The van der Waals surface area contributed by atoms with Crippen LogP contribution in [0.5, 0.6) is 0 Å². The minimum absolute atomic E-state index is 0.0282. The number of aliphatic hydroxyl groups excluding tert-OH is 1. The number of hydrogen-bond acceptors (Lipinski definition) is 4. The molecule has 1 fully saturated rings. The Kier molecular flexibility index (Phi) is 2.70. The lowest BCUT2D eigenvalue weighted by Gasteiger charge is -2.28. The summed E-state index contributed by atoms with van der Waals surface area (Å²) in [5.74, 6) is 0. The number of rotatable bonds is 2. The molecule has 0 spiro atoms. The predicted molar refractivity (Wildman–Crippen MR) is 64.1 cm³/mol. The summed E-state index contributed by atoms with van der Waals surface area (Å²) in [5, 5.41) is 13.4. The van der Waals surface area contributed by atoms with Crippen LogP contribution in [0.1, 0.15) is 5.56 Å². The molecule has 5 heteroatoms. The zero-order chi connectivity index (χ0) is 11.7. The van der Waals surface area contributed by atoms with E-state index in [9.17, 15) is 0 Å². The SMILES string of the molecule is OCc1cnn2cc(N3CCOCC3)ccc12. The molecular weight excluding hydrogens is 218 g/mol. The van der Waals surface area contributed by atoms with E-state index in [0.717, 1.165) is 43.1 Å². The van der Waals surface area contributed by atoms with Crippen molar-refractivity contribution in [3.8, 4) is 0 Å². The highest BCUT2D eigenvalue weighted by Gasteiger charge is 2.12. The first-order valence-electron chi connectivity index (χ1n) is 5.78. The number of fused-ring (bicyclic) bond motifs is 1. The topological polar surface area (TPSA) is 50.0 Å². The van der Waals surface area contributed by atoms with E-state index >= 15 is 0 Å². The highest BCUT2D eigenvalue weighted by atomic mass is 16.5. The van der Waals surface area contributed by atoms with Gasteiger partial charge in [-0.05, 0) is 12.1 Å². The number of aliphatic hydroxyl groups is 1. The Labute approximate surface area is 99.2 Å². The lowest BCUT2D eigenvalue weighted by molar-refractivity contribution is 0.122. The molecule has 2 aromatic heterocycles. The van der Waals surface area contributed by atoms with Gasteiger partial charge in [0.1, 0.15) is 0 Å². The van der Waals surface area contributed by atoms with Crippen LogP contribution in [0.15, 0.2) is 24.5 Å². The van der Waals surface area contributed by atoms with Crippen molar-refractivity contribution in [2.45, 2.75) is 6.61 Å². The summed E-state index contributed by atoms with van der Waals surface area (Å²) < 4.78 is 7.15. The van der Waals surface area contributed by atoms with E-state index < -0.39 is 0 Å². The van der Waals surface area contributed by atoms with Crippen molar-refractivity contribution >= 4 is 11.2 Å². The Hall–Kier alpha value is -1.59. The van der Waals surface area contributed by atoms with Crippen LogP contribution >= 0.6 is 0 Å². The molecule has 0 unspecified atom stereocenters. The highest BCUT2D eigenvalue weighted by molar-refractivity contribution is 5.59. The molecule has 3 heterocycles. The first-order valence-corrected chi connectivity index (χ1v) is 5.78. The number of ether oxygens (including phenoxy) is 1. The van der Waals surface area contributed by atoms with E-state index in [1.165, 1.54) is 0 Å². The predicted octanol–water partition coefficient (Wildman–Crippen LogP) is 0.663. The lowest BCUT2D eigenvalue weighted by Crippen LogP contribution is -2.36. The molecule has 0 bridgehead atoms. The van der Waals surface area contributed by atoms with Gasteiger partial charge in [-0.1, -0.05) is 0 Å². The first-order chi connectivity index (χ1) is 8.38. The van der Waals surface area contributed by atoms with E-state index in [4.69, 9.17) is 9.84 Å². The molecule has 1 N–H and O–H groups in total. The van der Waals surface area contributed by atoms with Gasteiger partial charge in [0, 0.05) is 18.7 Å². The molecule has 0 radical (unpaired) electrons. The molecule has 17 heavy (non-hydrogen) atoms. The maximum absolute atomic E-state index is 9.16. The van der Waals surface area contributed by atoms with Crippen LogP contribution in [0.25, 0.3) is 5.52 Å². The van der Waals surface area contributed by atoms with Crippen LogP contribution in [-0.2, 0) is 11.3 Å². The van der Waals surface area contributed by atoms with Crippen molar-refractivity contribution < 1.29 is 9.84 Å². The van der Waals surface area contributed by atoms with Crippen molar-refractivity contribution in [3.05, 3.63) is 30.1 Å². The summed E-state index contributed by atoms with van der Waals surface area (Å²) in [6, 6.07) is 4.07. The van der Waals surface area contributed by atoms with Crippen LogP contribution in [0.2, 0.25) is 0 Å². The standard InChI is InChI=1S/C12H15N3O2/c16-9-10-7-13-15-8-11(1-2-12(10)15)14-3-5-17-6-4-14/h1-2,7-8,16H,3-6,9H2. The van der Waals surface area contributed by atoms with Gasteiger partial charge in [0.05, 0.1) is 43.4 Å². The summed E-state index contributed by atoms with van der Waals surface area (Å²) in [5.41, 5.74) is 2.97. The van der Waals surface area contributed by atoms with Crippen LogP contribution < -0.4 is 4.90 Å². The molecule has 90 valence electrons. The van der Waals surface area contributed by atoms with Crippen molar-refractivity contribution in [1.29, 1.82) is 0 Å².